The Morgan fingerprint density at radius 3 is 2.75 bits per heavy atom. The zero-order chi connectivity index (χ0) is 11.2. The Kier molecular flexibility index (Phi) is 4.37. The van der Waals surface area contributed by atoms with Crippen LogP contribution in [0.5, 0.6) is 0 Å². The van der Waals surface area contributed by atoms with Gasteiger partial charge in [0.2, 0.25) is 0 Å². The first-order chi connectivity index (χ1) is 7.84. The van der Waals surface area contributed by atoms with Gasteiger partial charge < -0.3 is 4.90 Å². The summed E-state index contributed by atoms with van der Waals surface area (Å²) >= 11 is 0. The molecule has 2 nitrogen and oxygen atoms in total. The van der Waals surface area contributed by atoms with Crippen LogP contribution >= 0.6 is 0 Å². The molecule has 1 N–H and O–H groups in total. The minimum atomic E-state index is 1.17. The molecule has 1 atom stereocenters. The van der Waals surface area contributed by atoms with Crippen LogP contribution in [0.4, 0.5) is 0 Å². The summed E-state index contributed by atoms with van der Waals surface area (Å²) in [5.74, 6) is 0. The lowest BCUT2D eigenvalue weighted by atomic mass is 10.1. The second-order valence-corrected chi connectivity index (χ2v) is 4.68. The summed E-state index contributed by atoms with van der Waals surface area (Å²) in [6.45, 7) is 6.05. The van der Waals surface area contributed by atoms with Gasteiger partial charge in [-0.3, -0.25) is 4.90 Å². The highest BCUT2D eigenvalue weighted by Crippen LogP contribution is 2.02. The molecule has 0 aliphatic carbocycles. The first-order valence-corrected chi connectivity index (χ1v) is 6.27. The molecule has 1 unspecified atom stereocenters. The molecule has 0 amide bonds. The van der Waals surface area contributed by atoms with Crippen molar-refractivity contribution in [1.82, 2.24) is 4.90 Å². The lowest BCUT2D eigenvalue weighted by Crippen LogP contribution is -3.07. The summed E-state index contributed by atoms with van der Waals surface area (Å²) in [4.78, 5) is 4.01. The van der Waals surface area contributed by atoms with Gasteiger partial charge in [0.1, 0.15) is 0 Å². The van der Waals surface area contributed by atoms with Crippen LogP contribution in [0.2, 0.25) is 0 Å². The van der Waals surface area contributed by atoms with Crippen LogP contribution in [0.3, 0.4) is 0 Å². The molecule has 0 radical (unpaired) electrons. The van der Waals surface area contributed by atoms with Crippen LogP contribution in [0.25, 0.3) is 0 Å². The molecule has 0 spiro atoms. The smallest absolute Gasteiger partial charge is 0.0659 e. The Labute approximate surface area is 98.9 Å². The highest BCUT2D eigenvalue weighted by Gasteiger charge is 2.11. The molecule has 0 bridgehead atoms. The van der Waals surface area contributed by atoms with Gasteiger partial charge in [0.25, 0.3) is 0 Å². The number of nitrogens with zero attached hydrogens (tertiary/aromatic N) is 1. The number of hydrogen-bond donors (Lipinski definition) is 1. The van der Waals surface area contributed by atoms with E-state index in [4.69, 9.17) is 0 Å². The van der Waals surface area contributed by atoms with Crippen LogP contribution in [0.1, 0.15) is 12.0 Å². The zero-order valence-corrected chi connectivity index (χ0v) is 9.99. The molecule has 0 saturated carbocycles. The van der Waals surface area contributed by atoms with Crippen molar-refractivity contribution in [3.05, 3.63) is 42.9 Å². The monoisotopic (exact) mass is 218 g/mol. The zero-order valence-electron chi connectivity index (χ0n) is 9.99. The van der Waals surface area contributed by atoms with E-state index in [2.05, 4.69) is 42.3 Å². The Morgan fingerprint density at radius 2 is 1.94 bits per heavy atom. The summed E-state index contributed by atoms with van der Waals surface area (Å²) in [5, 5.41) is 0. The lowest BCUT2D eigenvalue weighted by Gasteiger charge is -2.20. The van der Waals surface area contributed by atoms with E-state index in [0.717, 1.165) is 0 Å². The van der Waals surface area contributed by atoms with Gasteiger partial charge in [0.05, 0.1) is 13.1 Å². The predicted octanol–water partition coefficient (Wildman–Crippen LogP) is 0.611. The minimum absolute atomic E-state index is 1.17. The van der Waals surface area contributed by atoms with E-state index in [-0.39, 0.29) is 0 Å². The summed E-state index contributed by atoms with van der Waals surface area (Å²) in [6.07, 6.45) is 2.46. The van der Waals surface area contributed by atoms with Gasteiger partial charge >= 0.3 is 0 Å². The number of rotatable bonds is 3. The van der Waals surface area contributed by atoms with Gasteiger partial charge in [-0.15, -0.1) is 0 Å². The Hall–Kier alpha value is -0.860. The number of benzene rings is 1. The SMILES string of the molecule is [CH2-][NH+]1CCCN(CCc2ccccc2)CC1. The van der Waals surface area contributed by atoms with Gasteiger partial charge in [0.15, 0.2) is 0 Å². The molecule has 1 aromatic rings. The topological polar surface area (TPSA) is 7.68 Å². The summed E-state index contributed by atoms with van der Waals surface area (Å²) in [5.41, 5.74) is 1.45. The van der Waals surface area contributed by atoms with E-state index in [0.29, 0.717) is 0 Å². The second kappa shape index (κ2) is 6.02. The Balaban J connectivity index is 1.77. The molecule has 0 aromatic heterocycles. The normalized spacial score (nSPS) is 22.9. The fourth-order valence-electron chi connectivity index (χ4n) is 2.26. The molecule has 1 fully saturated rings. The van der Waals surface area contributed by atoms with E-state index >= 15 is 0 Å². The fourth-order valence-corrected chi connectivity index (χ4v) is 2.26. The second-order valence-electron chi connectivity index (χ2n) is 4.68. The van der Waals surface area contributed by atoms with Gasteiger partial charge in [-0.05, 0) is 12.0 Å². The predicted molar refractivity (Wildman–Crippen MR) is 67.3 cm³/mol. The molecular formula is C14H22N2. The fraction of sp³-hybridized carbons (Fsp3) is 0.500. The molecule has 1 aliphatic heterocycles. The number of quaternary nitrogens is 1. The van der Waals surface area contributed by atoms with Gasteiger partial charge in [0, 0.05) is 26.1 Å². The third-order valence-electron chi connectivity index (χ3n) is 3.35. The first kappa shape index (κ1) is 11.6. The van der Waals surface area contributed by atoms with Gasteiger partial charge in [-0.2, -0.15) is 7.05 Å². The quantitative estimate of drug-likeness (QED) is 0.731. The van der Waals surface area contributed by atoms with Crippen molar-refractivity contribution in [1.29, 1.82) is 0 Å². The molecular weight excluding hydrogens is 196 g/mol. The van der Waals surface area contributed by atoms with E-state index in [9.17, 15) is 0 Å². The average Bonchev–Trinajstić information content (AvgIpc) is 2.53. The minimum Gasteiger partial charge on any atom is -0.467 e. The maximum atomic E-state index is 4.10. The highest BCUT2D eigenvalue weighted by atomic mass is 15.2. The summed E-state index contributed by atoms with van der Waals surface area (Å²) in [7, 11) is 4.10. The summed E-state index contributed by atoms with van der Waals surface area (Å²) in [6, 6.07) is 10.8. The first-order valence-electron chi connectivity index (χ1n) is 6.27. The van der Waals surface area contributed by atoms with E-state index < -0.39 is 0 Å². The van der Waals surface area contributed by atoms with Crippen LogP contribution < -0.4 is 4.90 Å². The maximum Gasteiger partial charge on any atom is 0.0659 e. The van der Waals surface area contributed by atoms with Crippen LogP contribution in [-0.2, 0) is 6.42 Å². The molecule has 1 aromatic carbocycles. The largest absolute Gasteiger partial charge is 0.467 e. The van der Waals surface area contributed by atoms with Crippen molar-refractivity contribution in [2.75, 3.05) is 32.7 Å². The third-order valence-corrected chi connectivity index (χ3v) is 3.35. The summed E-state index contributed by atoms with van der Waals surface area (Å²) < 4.78 is 0. The average molecular weight is 218 g/mol. The third kappa shape index (κ3) is 3.62. The van der Waals surface area contributed by atoms with E-state index in [1.165, 1.54) is 56.0 Å². The molecule has 2 rings (SSSR count). The molecule has 1 aliphatic rings. The lowest BCUT2D eigenvalue weighted by molar-refractivity contribution is -0.851. The van der Waals surface area contributed by atoms with Crippen molar-refractivity contribution in [2.24, 2.45) is 0 Å². The van der Waals surface area contributed by atoms with Crippen molar-refractivity contribution >= 4 is 0 Å². The molecule has 1 saturated heterocycles. The highest BCUT2D eigenvalue weighted by molar-refractivity contribution is 5.14. The van der Waals surface area contributed by atoms with Crippen LogP contribution in [-0.4, -0.2) is 37.6 Å². The molecule has 1 heterocycles. The van der Waals surface area contributed by atoms with Gasteiger partial charge in [-0.25, -0.2) is 0 Å². The van der Waals surface area contributed by atoms with Crippen LogP contribution in [0.15, 0.2) is 30.3 Å². The number of nitrogens with one attached hydrogen (secondary N) is 1. The maximum absolute atomic E-state index is 4.10. The Bertz CT molecular complexity index is 297. The standard InChI is InChI=1S/C14H22N2/c1-15-9-5-10-16(13-12-15)11-8-14-6-3-2-4-7-14/h2-4,6-7,15H,1,5,8-13H2. The number of hydrogen-bond acceptors (Lipinski definition) is 1. The Morgan fingerprint density at radius 1 is 1.12 bits per heavy atom. The molecule has 88 valence electrons. The van der Waals surface area contributed by atoms with E-state index in [1.807, 2.05) is 0 Å². The van der Waals surface area contributed by atoms with Crippen molar-refractivity contribution < 1.29 is 4.90 Å². The van der Waals surface area contributed by atoms with Gasteiger partial charge in [-0.1, -0.05) is 30.3 Å². The van der Waals surface area contributed by atoms with Crippen LogP contribution in [0, 0.1) is 7.05 Å². The molecule has 2 heteroatoms. The van der Waals surface area contributed by atoms with Crippen molar-refractivity contribution in [3.63, 3.8) is 0 Å². The molecule has 16 heavy (non-hydrogen) atoms. The van der Waals surface area contributed by atoms with Crippen molar-refractivity contribution in [3.8, 4) is 0 Å². The van der Waals surface area contributed by atoms with Crippen molar-refractivity contribution in [2.45, 2.75) is 12.8 Å². The van der Waals surface area contributed by atoms with E-state index in [1.54, 1.807) is 0 Å².